The van der Waals surface area contributed by atoms with E-state index in [1.54, 1.807) is 12.1 Å². The number of likely N-dealkylation sites (tertiary alicyclic amines) is 1. The minimum Gasteiger partial charge on any atom is -0.348 e. The fourth-order valence-electron chi connectivity index (χ4n) is 2.06. The van der Waals surface area contributed by atoms with Gasteiger partial charge < -0.3 is 11.1 Å². The smallest absolute Gasteiger partial charge is 0.234 e. The van der Waals surface area contributed by atoms with Crippen LogP contribution >= 0.6 is 0 Å². The third kappa shape index (κ3) is 3.27. The lowest BCUT2D eigenvalue weighted by molar-refractivity contribution is -0.123. The monoisotopic (exact) mass is 251 g/mol. The van der Waals surface area contributed by atoms with Crippen molar-refractivity contribution < 1.29 is 9.18 Å². The van der Waals surface area contributed by atoms with Crippen LogP contribution in [0.5, 0.6) is 0 Å². The summed E-state index contributed by atoms with van der Waals surface area (Å²) in [5.41, 5.74) is 6.54. The lowest BCUT2D eigenvalue weighted by Crippen LogP contribution is -2.58. The van der Waals surface area contributed by atoms with Crippen LogP contribution in [0.15, 0.2) is 24.3 Å². The second-order valence-corrected chi connectivity index (χ2v) is 4.79. The Morgan fingerprint density at radius 3 is 2.67 bits per heavy atom. The maximum atomic E-state index is 12.8. The average Bonchev–Trinajstić information content (AvgIpc) is 2.27. The molecule has 1 unspecified atom stereocenters. The zero-order valence-electron chi connectivity index (χ0n) is 10.4. The molecule has 0 bridgehead atoms. The number of hydrogen-bond donors (Lipinski definition) is 2. The van der Waals surface area contributed by atoms with Crippen molar-refractivity contribution >= 4 is 5.91 Å². The molecule has 0 aromatic heterocycles. The van der Waals surface area contributed by atoms with Gasteiger partial charge in [0.15, 0.2) is 0 Å². The summed E-state index contributed by atoms with van der Waals surface area (Å²) < 4.78 is 12.8. The van der Waals surface area contributed by atoms with Crippen LogP contribution in [-0.2, 0) is 4.79 Å². The summed E-state index contributed by atoms with van der Waals surface area (Å²) in [7, 11) is 0. The van der Waals surface area contributed by atoms with E-state index in [2.05, 4.69) is 5.32 Å². The lowest BCUT2D eigenvalue weighted by Gasteiger charge is -2.36. The largest absolute Gasteiger partial charge is 0.348 e. The zero-order valence-corrected chi connectivity index (χ0v) is 10.4. The number of hydrogen-bond acceptors (Lipinski definition) is 3. The number of benzene rings is 1. The molecule has 1 fully saturated rings. The van der Waals surface area contributed by atoms with E-state index >= 15 is 0 Å². The molecule has 1 aliphatic heterocycles. The van der Waals surface area contributed by atoms with Crippen LogP contribution in [0, 0.1) is 5.82 Å². The minimum atomic E-state index is -0.271. The van der Waals surface area contributed by atoms with Crippen molar-refractivity contribution in [1.82, 2.24) is 10.2 Å². The molecule has 1 heterocycles. The molecular weight excluding hydrogens is 233 g/mol. The van der Waals surface area contributed by atoms with Crippen molar-refractivity contribution in [3.63, 3.8) is 0 Å². The number of amides is 1. The van der Waals surface area contributed by atoms with Crippen LogP contribution in [0.25, 0.3) is 0 Å². The van der Waals surface area contributed by atoms with Gasteiger partial charge in [-0.1, -0.05) is 12.1 Å². The number of carbonyl (C=O) groups is 1. The van der Waals surface area contributed by atoms with Crippen molar-refractivity contribution in [2.24, 2.45) is 5.73 Å². The first-order chi connectivity index (χ1) is 8.54. The van der Waals surface area contributed by atoms with Crippen molar-refractivity contribution in [3.8, 4) is 0 Å². The molecule has 98 valence electrons. The summed E-state index contributed by atoms with van der Waals surface area (Å²) in [6, 6.07) is 6.23. The van der Waals surface area contributed by atoms with E-state index in [0.717, 1.165) is 18.7 Å². The Labute approximate surface area is 106 Å². The summed E-state index contributed by atoms with van der Waals surface area (Å²) in [5, 5.41) is 2.89. The highest BCUT2D eigenvalue weighted by atomic mass is 19.1. The summed E-state index contributed by atoms with van der Waals surface area (Å²) >= 11 is 0. The van der Waals surface area contributed by atoms with Gasteiger partial charge in [-0.2, -0.15) is 0 Å². The van der Waals surface area contributed by atoms with E-state index in [0.29, 0.717) is 6.54 Å². The SMILES string of the molecule is CC(NC(=O)CN1CC(N)C1)c1ccc(F)cc1. The molecule has 0 spiro atoms. The maximum absolute atomic E-state index is 12.8. The Hall–Kier alpha value is -1.46. The second-order valence-electron chi connectivity index (χ2n) is 4.79. The number of nitrogens with zero attached hydrogens (tertiary/aromatic N) is 1. The van der Waals surface area contributed by atoms with Crippen LogP contribution in [0.2, 0.25) is 0 Å². The van der Waals surface area contributed by atoms with Crippen molar-refractivity contribution in [2.75, 3.05) is 19.6 Å². The Kier molecular flexibility index (Phi) is 3.93. The first-order valence-corrected chi connectivity index (χ1v) is 6.07. The highest BCUT2D eigenvalue weighted by Crippen LogP contribution is 2.13. The van der Waals surface area contributed by atoms with Gasteiger partial charge in [-0.05, 0) is 24.6 Å². The molecule has 5 heteroatoms. The highest BCUT2D eigenvalue weighted by molar-refractivity contribution is 5.78. The van der Waals surface area contributed by atoms with Crippen LogP contribution in [0.1, 0.15) is 18.5 Å². The molecule has 18 heavy (non-hydrogen) atoms. The molecule has 0 aliphatic carbocycles. The molecule has 1 aromatic rings. The predicted octanol–water partition coefficient (Wildman–Crippen LogP) is 0.646. The topological polar surface area (TPSA) is 58.4 Å². The van der Waals surface area contributed by atoms with Crippen molar-refractivity contribution in [2.45, 2.75) is 19.0 Å². The number of rotatable bonds is 4. The second kappa shape index (κ2) is 5.46. The third-order valence-corrected chi connectivity index (χ3v) is 3.10. The molecule has 1 atom stereocenters. The molecule has 4 nitrogen and oxygen atoms in total. The van der Waals surface area contributed by atoms with E-state index in [4.69, 9.17) is 5.73 Å². The van der Waals surface area contributed by atoms with Gasteiger partial charge in [0, 0.05) is 19.1 Å². The Bertz CT molecular complexity index is 415. The predicted molar refractivity (Wildman–Crippen MR) is 67.4 cm³/mol. The van der Waals surface area contributed by atoms with Crippen LogP contribution in [0.3, 0.4) is 0 Å². The average molecular weight is 251 g/mol. The molecule has 1 aromatic carbocycles. The van der Waals surface area contributed by atoms with Gasteiger partial charge in [0.25, 0.3) is 0 Å². The quantitative estimate of drug-likeness (QED) is 0.826. The van der Waals surface area contributed by atoms with Gasteiger partial charge in [-0.3, -0.25) is 9.69 Å². The van der Waals surface area contributed by atoms with Gasteiger partial charge in [0.2, 0.25) is 5.91 Å². The minimum absolute atomic E-state index is 0.0290. The molecule has 2 rings (SSSR count). The number of carbonyl (C=O) groups excluding carboxylic acids is 1. The first kappa shape index (κ1) is 13.0. The van der Waals surface area contributed by atoms with Gasteiger partial charge in [0.05, 0.1) is 12.6 Å². The molecule has 1 aliphatic rings. The molecule has 3 N–H and O–H groups in total. The number of halogens is 1. The van der Waals surface area contributed by atoms with Crippen LogP contribution < -0.4 is 11.1 Å². The van der Waals surface area contributed by atoms with E-state index in [-0.39, 0.29) is 23.8 Å². The molecule has 0 saturated carbocycles. The van der Waals surface area contributed by atoms with Gasteiger partial charge in [-0.15, -0.1) is 0 Å². The standard InChI is InChI=1S/C13H18FN3O/c1-9(10-2-4-11(14)5-3-10)16-13(18)8-17-6-12(15)7-17/h2-5,9,12H,6-8,15H2,1H3,(H,16,18). The number of nitrogens with one attached hydrogen (secondary N) is 1. The van der Waals surface area contributed by atoms with E-state index in [9.17, 15) is 9.18 Å². The third-order valence-electron chi connectivity index (χ3n) is 3.10. The van der Waals surface area contributed by atoms with E-state index in [1.807, 2.05) is 11.8 Å². The summed E-state index contributed by atoms with van der Waals surface area (Å²) in [6.07, 6.45) is 0. The number of nitrogens with two attached hydrogens (primary N) is 1. The highest BCUT2D eigenvalue weighted by Gasteiger charge is 2.25. The Morgan fingerprint density at radius 2 is 2.11 bits per heavy atom. The van der Waals surface area contributed by atoms with Crippen molar-refractivity contribution in [1.29, 1.82) is 0 Å². The van der Waals surface area contributed by atoms with Gasteiger partial charge in [0.1, 0.15) is 5.82 Å². The first-order valence-electron chi connectivity index (χ1n) is 6.07. The van der Waals surface area contributed by atoms with Crippen LogP contribution in [-0.4, -0.2) is 36.5 Å². The lowest BCUT2D eigenvalue weighted by atomic mass is 10.1. The van der Waals surface area contributed by atoms with Gasteiger partial charge in [-0.25, -0.2) is 4.39 Å². The molecule has 0 radical (unpaired) electrons. The normalized spacial score (nSPS) is 18.2. The van der Waals surface area contributed by atoms with Gasteiger partial charge >= 0.3 is 0 Å². The van der Waals surface area contributed by atoms with Crippen molar-refractivity contribution in [3.05, 3.63) is 35.6 Å². The Morgan fingerprint density at radius 1 is 1.50 bits per heavy atom. The molecule has 1 saturated heterocycles. The molecule has 1 amide bonds. The van der Waals surface area contributed by atoms with E-state index < -0.39 is 0 Å². The Balaban J connectivity index is 1.81. The van der Waals surface area contributed by atoms with E-state index in [1.165, 1.54) is 12.1 Å². The summed E-state index contributed by atoms with van der Waals surface area (Å²) in [6.45, 7) is 3.81. The fraction of sp³-hybridized carbons (Fsp3) is 0.462. The summed E-state index contributed by atoms with van der Waals surface area (Å²) in [4.78, 5) is 13.7. The fourth-order valence-corrected chi connectivity index (χ4v) is 2.06. The maximum Gasteiger partial charge on any atom is 0.234 e. The van der Waals surface area contributed by atoms with Crippen LogP contribution in [0.4, 0.5) is 4.39 Å². The summed E-state index contributed by atoms with van der Waals surface area (Å²) in [5.74, 6) is -0.300. The zero-order chi connectivity index (χ0) is 13.1. The molecular formula is C13H18FN3O.